The molecule has 0 fully saturated rings. The van der Waals surface area contributed by atoms with Gasteiger partial charge >= 0.3 is 8.32 Å². The van der Waals surface area contributed by atoms with Crippen LogP contribution in [0, 0.1) is 0 Å². The predicted octanol–water partition coefficient (Wildman–Crippen LogP) is 6.31. The molecule has 0 saturated heterocycles. The second-order valence-electron chi connectivity index (χ2n) is 9.20. The van der Waals surface area contributed by atoms with Crippen LogP contribution in [0.3, 0.4) is 0 Å². The number of hydrogen-bond donors (Lipinski definition) is 0. The quantitative estimate of drug-likeness (QED) is 0.204. The molecule has 0 saturated carbocycles. The zero-order valence-electron chi connectivity index (χ0n) is 18.5. The molecule has 0 radical (unpaired) electrons. The van der Waals surface area contributed by atoms with E-state index in [2.05, 4.69) is 104 Å². The molecule has 0 aliphatic heterocycles. The molecule has 1 aliphatic rings. The Balaban J connectivity index is 1.93. The maximum Gasteiger partial charge on any atom is 0.319 e. The molecule has 1 atom stereocenters. The van der Waals surface area contributed by atoms with E-state index in [4.69, 9.17) is 9.96 Å². The Morgan fingerprint density at radius 2 is 1.52 bits per heavy atom. The van der Waals surface area contributed by atoms with Crippen LogP contribution < -0.4 is 14.8 Å². The highest BCUT2D eigenvalue weighted by atomic mass is 28.4. The maximum absolute atomic E-state index is 9.04. The summed E-state index contributed by atoms with van der Waals surface area (Å²) in [5, 5.41) is 6.48. The minimum atomic E-state index is -2.69. The van der Waals surface area contributed by atoms with Crippen LogP contribution in [0.1, 0.15) is 50.8 Å². The standard InChI is InChI=1S/C26H29N3OSi/c1-26(2,3)31(20-12-6-4-7-13-20,21-14-8-5-9-15-21)30-25-19-11-16-22-23(25)17-10-18-24(22)28-29-27/h4-9,11-16,19,24H,10,17-18H2,1-3H3/t24-/m0/s1. The molecule has 1 aliphatic carbocycles. The average molecular weight is 428 g/mol. The first-order chi connectivity index (χ1) is 15.0. The molecule has 0 N–H and O–H groups in total. The highest BCUT2D eigenvalue weighted by molar-refractivity contribution is 7.00. The van der Waals surface area contributed by atoms with Crippen LogP contribution in [0.2, 0.25) is 5.04 Å². The summed E-state index contributed by atoms with van der Waals surface area (Å²) in [5.41, 5.74) is 11.3. The molecule has 0 bridgehead atoms. The number of benzene rings is 3. The highest BCUT2D eigenvalue weighted by Crippen LogP contribution is 2.42. The van der Waals surface area contributed by atoms with Gasteiger partial charge in [-0.3, -0.25) is 0 Å². The number of hydrogen-bond acceptors (Lipinski definition) is 2. The fraction of sp³-hybridized carbons (Fsp3) is 0.308. The molecule has 158 valence electrons. The molecule has 5 heteroatoms. The smallest absolute Gasteiger partial charge is 0.319 e. The minimum absolute atomic E-state index is 0.0999. The fourth-order valence-corrected chi connectivity index (χ4v) is 9.33. The molecule has 0 aromatic heterocycles. The van der Waals surface area contributed by atoms with E-state index >= 15 is 0 Å². The van der Waals surface area contributed by atoms with Gasteiger partial charge in [0.05, 0.1) is 6.04 Å². The second-order valence-corrected chi connectivity index (χ2v) is 13.4. The molecular weight excluding hydrogens is 398 g/mol. The number of azide groups is 1. The van der Waals surface area contributed by atoms with E-state index < -0.39 is 8.32 Å². The largest absolute Gasteiger partial charge is 0.534 e. The molecule has 3 aromatic rings. The number of nitrogens with zero attached hydrogens (tertiary/aromatic N) is 3. The molecular formula is C26H29N3OSi. The Morgan fingerprint density at radius 3 is 2.06 bits per heavy atom. The Kier molecular flexibility index (Phi) is 5.90. The average Bonchev–Trinajstić information content (AvgIpc) is 2.78. The van der Waals surface area contributed by atoms with E-state index in [1.165, 1.54) is 15.9 Å². The summed E-state index contributed by atoms with van der Waals surface area (Å²) in [6.07, 6.45) is 2.83. The van der Waals surface area contributed by atoms with Crippen LogP contribution in [0.5, 0.6) is 5.75 Å². The fourth-order valence-electron chi connectivity index (χ4n) is 4.88. The van der Waals surface area contributed by atoms with E-state index in [1.807, 2.05) is 6.07 Å². The van der Waals surface area contributed by atoms with Crippen molar-refractivity contribution in [1.29, 1.82) is 0 Å². The van der Waals surface area contributed by atoms with Gasteiger partial charge in [-0.1, -0.05) is 98.7 Å². The molecule has 4 nitrogen and oxygen atoms in total. The summed E-state index contributed by atoms with van der Waals surface area (Å²) in [4.78, 5) is 3.09. The van der Waals surface area contributed by atoms with Gasteiger partial charge in [0, 0.05) is 4.91 Å². The van der Waals surface area contributed by atoms with Crippen LogP contribution >= 0.6 is 0 Å². The van der Waals surface area contributed by atoms with Crippen LogP contribution in [0.4, 0.5) is 0 Å². The van der Waals surface area contributed by atoms with Crippen LogP contribution in [-0.2, 0) is 6.42 Å². The van der Waals surface area contributed by atoms with Crippen molar-refractivity contribution >= 4 is 18.7 Å². The van der Waals surface area contributed by atoms with E-state index in [-0.39, 0.29) is 11.1 Å². The molecule has 0 unspecified atom stereocenters. The molecule has 0 heterocycles. The van der Waals surface area contributed by atoms with E-state index in [1.54, 1.807) is 0 Å². The van der Waals surface area contributed by atoms with Crippen molar-refractivity contribution in [1.82, 2.24) is 0 Å². The predicted molar refractivity (Wildman–Crippen MR) is 130 cm³/mol. The minimum Gasteiger partial charge on any atom is -0.534 e. The lowest BCUT2D eigenvalue weighted by atomic mass is 9.87. The third-order valence-corrected chi connectivity index (χ3v) is 11.2. The lowest BCUT2D eigenvalue weighted by Crippen LogP contribution is -2.69. The molecule has 3 aromatic carbocycles. The summed E-state index contributed by atoms with van der Waals surface area (Å²) < 4.78 is 7.27. The van der Waals surface area contributed by atoms with Gasteiger partial charge in [-0.15, -0.1) is 0 Å². The van der Waals surface area contributed by atoms with Gasteiger partial charge in [-0.2, -0.15) is 0 Å². The van der Waals surface area contributed by atoms with Gasteiger partial charge in [-0.05, 0) is 57.4 Å². The normalized spacial score (nSPS) is 16.2. The van der Waals surface area contributed by atoms with Gasteiger partial charge in [0.1, 0.15) is 5.75 Å². The summed E-state index contributed by atoms with van der Waals surface area (Å²) in [5.74, 6) is 0.935. The summed E-state index contributed by atoms with van der Waals surface area (Å²) in [6.45, 7) is 6.87. The SMILES string of the molecule is CC(C)(C)[Si](Oc1cccc2c1CCC[C@@H]2N=[N+]=[N-])(c1ccccc1)c1ccccc1. The van der Waals surface area contributed by atoms with Crippen molar-refractivity contribution in [2.45, 2.75) is 51.1 Å². The van der Waals surface area contributed by atoms with Crippen molar-refractivity contribution in [3.63, 3.8) is 0 Å². The zero-order valence-corrected chi connectivity index (χ0v) is 19.5. The van der Waals surface area contributed by atoms with Gasteiger partial charge in [0.15, 0.2) is 0 Å². The Hall–Kier alpha value is -3.01. The van der Waals surface area contributed by atoms with Gasteiger partial charge in [-0.25, -0.2) is 0 Å². The number of fused-ring (bicyclic) bond motifs is 1. The van der Waals surface area contributed by atoms with Crippen molar-refractivity contribution in [2.24, 2.45) is 5.11 Å². The van der Waals surface area contributed by atoms with Crippen LogP contribution in [0.25, 0.3) is 10.4 Å². The van der Waals surface area contributed by atoms with Crippen LogP contribution in [-0.4, -0.2) is 8.32 Å². The third kappa shape index (κ3) is 3.87. The highest BCUT2D eigenvalue weighted by Gasteiger charge is 2.52. The van der Waals surface area contributed by atoms with E-state index in [0.29, 0.717) is 0 Å². The molecule has 0 spiro atoms. The summed E-state index contributed by atoms with van der Waals surface area (Å²) in [6, 6.07) is 27.5. The van der Waals surface area contributed by atoms with Gasteiger partial charge in [0.2, 0.25) is 0 Å². The molecule has 0 amide bonds. The monoisotopic (exact) mass is 427 g/mol. The van der Waals surface area contributed by atoms with Crippen LogP contribution in [0.15, 0.2) is 84.0 Å². The zero-order chi connectivity index (χ0) is 21.9. The number of rotatable bonds is 5. The first-order valence-electron chi connectivity index (χ1n) is 10.9. The lowest BCUT2D eigenvalue weighted by Gasteiger charge is -2.43. The third-order valence-electron chi connectivity index (χ3n) is 6.30. The van der Waals surface area contributed by atoms with Gasteiger partial charge in [0.25, 0.3) is 0 Å². The first kappa shape index (κ1) is 21.2. The van der Waals surface area contributed by atoms with Crippen molar-refractivity contribution < 1.29 is 4.43 Å². The summed E-state index contributed by atoms with van der Waals surface area (Å²) >= 11 is 0. The Morgan fingerprint density at radius 1 is 0.903 bits per heavy atom. The van der Waals surface area contributed by atoms with Crippen molar-refractivity contribution in [3.05, 3.63) is 100 Å². The van der Waals surface area contributed by atoms with Crippen molar-refractivity contribution in [2.75, 3.05) is 0 Å². The Bertz CT molecular complexity index is 1050. The topological polar surface area (TPSA) is 58.0 Å². The molecule has 31 heavy (non-hydrogen) atoms. The van der Waals surface area contributed by atoms with E-state index in [0.717, 1.165) is 30.6 Å². The molecule has 4 rings (SSSR count). The Labute approximate surface area is 185 Å². The maximum atomic E-state index is 9.04. The van der Waals surface area contributed by atoms with E-state index in [9.17, 15) is 0 Å². The van der Waals surface area contributed by atoms with Gasteiger partial charge < -0.3 is 4.43 Å². The first-order valence-corrected chi connectivity index (χ1v) is 12.8. The lowest BCUT2D eigenvalue weighted by molar-refractivity contribution is 0.487. The summed E-state index contributed by atoms with van der Waals surface area (Å²) in [7, 11) is -2.69. The second kappa shape index (κ2) is 8.62. The van der Waals surface area contributed by atoms with Crippen molar-refractivity contribution in [3.8, 4) is 5.75 Å².